The molecule has 0 atom stereocenters. The highest BCUT2D eigenvalue weighted by atomic mass is 16.5. The molecule has 0 bridgehead atoms. The smallest absolute Gasteiger partial charge is 0.322 e. The minimum atomic E-state index is 0.358. The zero-order chi connectivity index (χ0) is 13.0. The second-order valence-corrected chi connectivity index (χ2v) is 4.00. The lowest BCUT2D eigenvalue weighted by Crippen LogP contribution is -2.08. The average Bonchev–Trinajstić information content (AvgIpc) is 2.32. The molecule has 2 aromatic rings. The summed E-state index contributed by atoms with van der Waals surface area (Å²) in [4.78, 5) is 12.8. The van der Waals surface area contributed by atoms with Gasteiger partial charge in [0.25, 0.3) is 0 Å². The molecule has 1 N–H and O–H groups in total. The normalized spacial score (nSPS) is 10.4. The first-order chi connectivity index (χ1) is 8.69. The zero-order valence-corrected chi connectivity index (χ0v) is 10.8. The zero-order valence-electron chi connectivity index (χ0n) is 10.8. The van der Waals surface area contributed by atoms with Gasteiger partial charge in [-0.3, -0.25) is 4.98 Å². The molecule has 2 heterocycles. The van der Waals surface area contributed by atoms with Gasteiger partial charge in [0.1, 0.15) is 0 Å². The topological polar surface area (TPSA) is 59.9 Å². The molecule has 0 aliphatic heterocycles. The van der Waals surface area contributed by atoms with Gasteiger partial charge >= 0.3 is 6.01 Å². The van der Waals surface area contributed by atoms with Gasteiger partial charge in [0.2, 0.25) is 0 Å². The van der Waals surface area contributed by atoms with Crippen LogP contribution in [0.5, 0.6) is 11.8 Å². The predicted octanol–water partition coefficient (Wildman–Crippen LogP) is 2.00. The van der Waals surface area contributed by atoms with Crippen LogP contribution in [0.2, 0.25) is 0 Å². The number of aryl methyl sites for hydroxylation is 2. The molecule has 0 aliphatic carbocycles. The molecule has 2 rings (SSSR count). The van der Waals surface area contributed by atoms with Crippen LogP contribution in [0.1, 0.15) is 17.1 Å². The monoisotopic (exact) mass is 244 g/mol. The van der Waals surface area contributed by atoms with E-state index in [1.165, 1.54) is 0 Å². The molecule has 0 radical (unpaired) electrons. The molecule has 0 saturated carbocycles. The summed E-state index contributed by atoms with van der Waals surface area (Å²) in [5.74, 6) is 0.679. The number of rotatable bonds is 4. The Morgan fingerprint density at radius 2 is 2.11 bits per heavy atom. The van der Waals surface area contributed by atoms with E-state index in [-0.39, 0.29) is 0 Å². The van der Waals surface area contributed by atoms with Crippen LogP contribution < -0.4 is 10.1 Å². The Balaban J connectivity index is 2.26. The third-order valence-electron chi connectivity index (χ3n) is 2.40. The third-order valence-corrected chi connectivity index (χ3v) is 2.40. The van der Waals surface area contributed by atoms with Crippen LogP contribution in [0.15, 0.2) is 24.4 Å². The Labute approximate surface area is 106 Å². The van der Waals surface area contributed by atoms with E-state index < -0.39 is 0 Å². The standard InChI is InChI=1S/C13H16N4O/c1-9-7-11(8-14-3)17-13(16-9)18-12-5-4-6-15-10(12)2/h4-7,14H,8H2,1-3H3. The van der Waals surface area contributed by atoms with Crippen molar-refractivity contribution in [3.8, 4) is 11.8 Å². The van der Waals surface area contributed by atoms with E-state index in [1.54, 1.807) is 6.20 Å². The van der Waals surface area contributed by atoms with Crippen LogP contribution in [0, 0.1) is 13.8 Å². The van der Waals surface area contributed by atoms with Crippen LogP contribution in [-0.4, -0.2) is 22.0 Å². The van der Waals surface area contributed by atoms with Crippen molar-refractivity contribution in [2.24, 2.45) is 0 Å². The van der Waals surface area contributed by atoms with E-state index in [2.05, 4.69) is 20.3 Å². The number of nitrogens with one attached hydrogen (secondary N) is 1. The van der Waals surface area contributed by atoms with Crippen LogP contribution in [-0.2, 0) is 6.54 Å². The molecule has 5 heteroatoms. The number of hydrogen-bond donors (Lipinski definition) is 1. The van der Waals surface area contributed by atoms with E-state index >= 15 is 0 Å². The van der Waals surface area contributed by atoms with Gasteiger partial charge in [-0.1, -0.05) is 0 Å². The Bertz CT molecular complexity index is 542. The molecule has 2 aromatic heterocycles. The summed E-state index contributed by atoms with van der Waals surface area (Å²) < 4.78 is 5.66. The average molecular weight is 244 g/mol. The molecule has 5 nitrogen and oxygen atoms in total. The van der Waals surface area contributed by atoms with Crippen LogP contribution in [0.3, 0.4) is 0 Å². The van der Waals surface area contributed by atoms with E-state index in [4.69, 9.17) is 4.74 Å². The highest BCUT2D eigenvalue weighted by Crippen LogP contribution is 2.20. The van der Waals surface area contributed by atoms with Gasteiger partial charge in [0, 0.05) is 18.4 Å². The van der Waals surface area contributed by atoms with Gasteiger partial charge < -0.3 is 10.1 Å². The molecular weight excluding hydrogens is 228 g/mol. The van der Waals surface area contributed by atoms with Crippen molar-refractivity contribution in [1.82, 2.24) is 20.3 Å². The lowest BCUT2D eigenvalue weighted by Gasteiger charge is -2.08. The molecule has 0 fully saturated rings. The van der Waals surface area contributed by atoms with Crippen molar-refractivity contribution in [3.63, 3.8) is 0 Å². The number of nitrogens with zero attached hydrogens (tertiary/aromatic N) is 3. The molecule has 0 aliphatic rings. The fourth-order valence-electron chi connectivity index (χ4n) is 1.60. The molecule has 0 amide bonds. The molecule has 0 saturated heterocycles. The SMILES string of the molecule is CNCc1cc(C)nc(Oc2cccnc2C)n1. The minimum Gasteiger partial charge on any atom is -0.422 e. The molecule has 0 spiro atoms. The van der Waals surface area contributed by atoms with Gasteiger partial charge in [-0.25, -0.2) is 4.98 Å². The molecule has 0 aromatic carbocycles. The molecule has 94 valence electrons. The lowest BCUT2D eigenvalue weighted by molar-refractivity contribution is 0.431. The minimum absolute atomic E-state index is 0.358. The van der Waals surface area contributed by atoms with Crippen molar-refractivity contribution >= 4 is 0 Å². The van der Waals surface area contributed by atoms with Crippen molar-refractivity contribution < 1.29 is 4.74 Å². The highest BCUT2D eigenvalue weighted by Gasteiger charge is 2.06. The molecule has 0 unspecified atom stereocenters. The second kappa shape index (κ2) is 5.55. The summed E-state index contributed by atoms with van der Waals surface area (Å²) in [6, 6.07) is 5.97. The van der Waals surface area contributed by atoms with Gasteiger partial charge in [0.15, 0.2) is 5.75 Å². The van der Waals surface area contributed by atoms with E-state index in [9.17, 15) is 0 Å². The first-order valence-corrected chi connectivity index (χ1v) is 5.77. The van der Waals surface area contributed by atoms with Crippen molar-refractivity contribution in [2.45, 2.75) is 20.4 Å². The van der Waals surface area contributed by atoms with Crippen molar-refractivity contribution in [3.05, 3.63) is 41.5 Å². The maximum Gasteiger partial charge on any atom is 0.322 e. The fraction of sp³-hybridized carbons (Fsp3) is 0.308. The quantitative estimate of drug-likeness (QED) is 0.891. The number of ether oxygens (including phenoxy) is 1. The Morgan fingerprint density at radius 1 is 1.28 bits per heavy atom. The van der Waals surface area contributed by atoms with Gasteiger partial charge in [0.05, 0.1) is 11.4 Å². The Kier molecular flexibility index (Phi) is 3.84. The molecule has 18 heavy (non-hydrogen) atoms. The van der Waals surface area contributed by atoms with Crippen LogP contribution in [0.25, 0.3) is 0 Å². The third kappa shape index (κ3) is 3.01. The number of hydrogen-bond acceptors (Lipinski definition) is 5. The summed E-state index contributed by atoms with van der Waals surface area (Å²) in [5, 5.41) is 3.06. The first-order valence-electron chi connectivity index (χ1n) is 5.77. The number of aromatic nitrogens is 3. The van der Waals surface area contributed by atoms with Crippen LogP contribution >= 0.6 is 0 Å². The van der Waals surface area contributed by atoms with E-state index in [0.717, 1.165) is 17.1 Å². The van der Waals surface area contributed by atoms with E-state index in [0.29, 0.717) is 18.3 Å². The Morgan fingerprint density at radius 3 is 2.83 bits per heavy atom. The van der Waals surface area contributed by atoms with Crippen LogP contribution in [0.4, 0.5) is 0 Å². The fourth-order valence-corrected chi connectivity index (χ4v) is 1.60. The summed E-state index contributed by atoms with van der Waals surface area (Å²) in [6.45, 7) is 4.50. The Hall–Kier alpha value is -2.01. The van der Waals surface area contributed by atoms with Crippen molar-refractivity contribution in [1.29, 1.82) is 0 Å². The number of pyridine rings is 1. The highest BCUT2D eigenvalue weighted by molar-refractivity contribution is 5.28. The maximum absolute atomic E-state index is 5.66. The van der Waals surface area contributed by atoms with Gasteiger partial charge in [-0.2, -0.15) is 4.98 Å². The summed E-state index contributed by atoms with van der Waals surface area (Å²) in [5.41, 5.74) is 2.60. The van der Waals surface area contributed by atoms with Gasteiger partial charge in [-0.05, 0) is 39.1 Å². The summed E-state index contributed by atoms with van der Waals surface area (Å²) >= 11 is 0. The first kappa shape index (κ1) is 12.4. The van der Waals surface area contributed by atoms with Crippen molar-refractivity contribution in [2.75, 3.05) is 7.05 Å². The van der Waals surface area contributed by atoms with E-state index in [1.807, 2.05) is 39.1 Å². The summed E-state index contributed by atoms with van der Waals surface area (Å²) in [6.07, 6.45) is 1.73. The van der Waals surface area contributed by atoms with Gasteiger partial charge in [-0.15, -0.1) is 0 Å². The summed E-state index contributed by atoms with van der Waals surface area (Å²) in [7, 11) is 1.88. The predicted molar refractivity (Wildman–Crippen MR) is 68.6 cm³/mol. The molecular formula is C13H16N4O. The lowest BCUT2D eigenvalue weighted by atomic mass is 10.3. The maximum atomic E-state index is 5.66. The largest absolute Gasteiger partial charge is 0.422 e. The second-order valence-electron chi connectivity index (χ2n) is 4.00.